The molecule has 138 valence electrons. The molecule has 1 aliphatic carbocycles. The van der Waals surface area contributed by atoms with Crippen LogP contribution in [0.25, 0.3) is 0 Å². The van der Waals surface area contributed by atoms with Crippen molar-refractivity contribution in [3.05, 3.63) is 70.5 Å². The molecule has 1 aromatic carbocycles. The van der Waals surface area contributed by atoms with Crippen LogP contribution in [0.2, 0.25) is 0 Å². The largest absolute Gasteiger partial charge is 0.489 e. The predicted octanol–water partition coefficient (Wildman–Crippen LogP) is 4.64. The van der Waals surface area contributed by atoms with E-state index in [0.717, 1.165) is 24.1 Å². The molecule has 4 rings (SSSR count). The number of thiazole rings is 1. The highest BCUT2D eigenvalue weighted by Gasteiger charge is 2.16. The number of aromatic nitrogens is 2. The lowest BCUT2D eigenvalue weighted by atomic mass is 10.2. The topological polar surface area (TPSA) is 64.1 Å². The number of hydrogen-bond donors (Lipinski definition) is 1. The molecule has 0 bridgehead atoms. The maximum atomic E-state index is 12.6. The second-order valence-electron chi connectivity index (χ2n) is 6.58. The van der Waals surface area contributed by atoms with Crippen LogP contribution >= 0.6 is 11.3 Å². The Morgan fingerprint density at radius 1 is 1.15 bits per heavy atom. The van der Waals surface area contributed by atoms with Crippen LogP contribution in [0.15, 0.2) is 48.8 Å². The minimum absolute atomic E-state index is 0.161. The van der Waals surface area contributed by atoms with E-state index < -0.39 is 0 Å². The van der Waals surface area contributed by atoms with Gasteiger partial charge in [0.15, 0.2) is 5.13 Å². The summed E-state index contributed by atoms with van der Waals surface area (Å²) in [7, 11) is 0. The van der Waals surface area contributed by atoms with Gasteiger partial charge in [0.05, 0.1) is 5.69 Å². The number of amides is 1. The van der Waals surface area contributed by atoms with Gasteiger partial charge in [-0.15, -0.1) is 11.3 Å². The van der Waals surface area contributed by atoms with Crippen molar-refractivity contribution in [3.63, 3.8) is 0 Å². The summed E-state index contributed by atoms with van der Waals surface area (Å²) >= 11 is 1.60. The Kier molecular flexibility index (Phi) is 5.44. The molecule has 1 aliphatic rings. The number of ether oxygens (including phenoxy) is 1. The van der Waals surface area contributed by atoms with E-state index in [1.165, 1.54) is 24.1 Å². The number of aryl methyl sites for hydroxylation is 2. The first kappa shape index (κ1) is 17.7. The highest BCUT2D eigenvalue weighted by molar-refractivity contribution is 7.15. The molecule has 2 aromatic heterocycles. The second kappa shape index (κ2) is 8.31. The minimum atomic E-state index is -0.161. The van der Waals surface area contributed by atoms with E-state index >= 15 is 0 Å². The molecule has 2 heterocycles. The first-order valence-corrected chi connectivity index (χ1v) is 10.0. The van der Waals surface area contributed by atoms with Crippen molar-refractivity contribution in [2.24, 2.45) is 0 Å². The SMILES string of the molecule is O=C(Nc1nc2c(s1)CCCCC2)c1cccc(OCc2cccnc2)c1. The van der Waals surface area contributed by atoms with E-state index in [-0.39, 0.29) is 5.91 Å². The smallest absolute Gasteiger partial charge is 0.257 e. The average molecular weight is 379 g/mol. The molecule has 0 saturated heterocycles. The van der Waals surface area contributed by atoms with Crippen LogP contribution < -0.4 is 10.1 Å². The van der Waals surface area contributed by atoms with Crippen LogP contribution in [0.3, 0.4) is 0 Å². The quantitative estimate of drug-likeness (QED) is 0.656. The van der Waals surface area contributed by atoms with Gasteiger partial charge in [-0.05, 0) is 49.9 Å². The van der Waals surface area contributed by atoms with Gasteiger partial charge in [-0.25, -0.2) is 4.98 Å². The Morgan fingerprint density at radius 2 is 2.07 bits per heavy atom. The van der Waals surface area contributed by atoms with Crippen LogP contribution in [0.1, 0.15) is 45.8 Å². The first-order valence-electron chi connectivity index (χ1n) is 9.19. The molecule has 0 unspecified atom stereocenters. The summed E-state index contributed by atoms with van der Waals surface area (Å²) < 4.78 is 5.78. The van der Waals surface area contributed by atoms with Crippen LogP contribution in [-0.4, -0.2) is 15.9 Å². The molecule has 5 nitrogen and oxygen atoms in total. The zero-order valence-corrected chi connectivity index (χ0v) is 15.8. The highest BCUT2D eigenvalue weighted by atomic mass is 32.1. The number of benzene rings is 1. The molecule has 0 fully saturated rings. The fraction of sp³-hybridized carbons (Fsp3) is 0.286. The molecule has 0 saturated carbocycles. The van der Waals surface area contributed by atoms with Crippen molar-refractivity contribution in [2.75, 3.05) is 5.32 Å². The standard InChI is InChI=1S/C21H21N3O2S/c25-20(24-21-23-18-9-2-1-3-10-19(18)27-21)16-7-4-8-17(12-16)26-14-15-6-5-11-22-13-15/h4-8,11-13H,1-3,9-10,14H2,(H,23,24,25). The van der Waals surface area contributed by atoms with Crippen LogP contribution in [-0.2, 0) is 19.4 Å². The van der Waals surface area contributed by atoms with Crippen molar-refractivity contribution in [1.29, 1.82) is 0 Å². The van der Waals surface area contributed by atoms with Crippen molar-refractivity contribution in [2.45, 2.75) is 38.7 Å². The Bertz CT molecular complexity index is 901. The van der Waals surface area contributed by atoms with Crippen molar-refractivity contribution in [3.8, 4) is 5.75 Å². The maximum Gasteiger partial charge on any atom is 0.257 e. The Balaban J connectivity index is 1.41. The van der Waals surface area contributed by atoms with Gasteiger partial charge in [-0.2, -0.15) is 0 Å². The molecule has 0 aliphatic heterocycles. The summed E-state index contributed by atoms with van der Waals surface area (Å²) in [5, 5.41) is 3.63. The summed E-state index contributed by atoms with van der Waals surface area (Å²) in [4.78, 5) is 22.6. The van der Waals surface area contributed by atoms with Gasteiger partial charge in [0.25, 0.3) is 5.91 Å². The third-order valence-corrected chi connectivity index (χ3v) is 5.61. The van der Waals surface area contributed by atoms with Gasteiger partial charge in [-0.3, -0.25) is 15.1 Å². The minimum Gasteiger partial charge on any atom is -0.489 e. The van der Waals surface area contributed by atoms with Crippen molar-refractivity contribution in [1.82, 2.24) is 9.97 Å². The lowest BCUT2D eigenvalue weighted by molar-refractivity contribution is 0.102. The molecule has 0 atom stereocenters. The van der Waals surface area contributed by atoms with E-state index in [2.05, 4.69) is 15.3 Å². The lowest BCUT2D eigenvalue weighted by Crippen LogP contribution is -2.12. The third kappa shape index (κ3) is 4.52. The fourth-order valence-corrected chi connectivity index (χ4v) is 4.17. The van der Waals surface area contributed by atoms with Crippen molar-refractivity contribution < 1.29 is 9.53 Å². The number of rotatable bonds is 5. The molecule has 6 heteroatoms. The number of nitrogens with one attached hydrogen (secondary N) is 1. The van der Waals surface area contributed by atoms with Gasteiger partial charge in [0.1, 0.15) is 12.4 Å². The zero-order valence-electron chi connectivity index (χ0n) is 15.0. The number of pyridine rings is 1. The number of nitrogens with zero attached hydrogens (tertiary/aromatic N) is 2. The number of anilines is 1. The van der Waals surface area contributed by atoms with Gasteiger partial charge < -0.3 is 4.74 Å². The molecule has 1 amide bonds. The summed E-state index contributed by atoms with van der Waals surface area (Å²) in [6.07, 6.45) is 9.23. The highest BCUT2D eigenvalue weighted by Crippen LogP contribution is 2.29. The van der Waals surface area contributed by atoms with E-state index in [4.69, 9.17) is 4.74 Å². The van der Waals surface area contributed by atoms with E-state index in [0.29, 0.717) is 23.1 Å². The third-order valence-electron chi connectivity index (χ3n) is 4.54. The Morgan fingerprint density at radius 3 is 2.96 bits per heavy atom. The summed E-state index contributed by atoms with van der Waals surface area (Å²) in [5.41, 5.74) is 2.70. The molecular formula is C21H21N3O2S. The van der Waals surface area contributed by atoms with Gasteiger partial charge >= 0.3 is 0 Å². The molecule has 3 aromatic rings. The Labute approximate surface area is 162 Å². The lowest BCUT2D eigenvalue weighted by Gasteiger charge is -2.08. The first-order chi connectivity index (χ1) is 13.3. The Hall–Kier alpha value is -2.73. The fourth-order valence-electron chi connectivity index (χ4n) is 3.13. The van der Waals surface area contributed by atoms with Gasteiger partial charge in [0.2, 0.25) is 0 Å². The number of carbonyl (C=O) groups is 1. The number of hydrogen-bond acceptors (Lipinski definition) is 5. The molecule has 0 radical (unpaired) electrons. The van der Waals surface area contributed by atoms with E-state index in [1.807, 2.05) is 24.3 Å². The van der Waals surface area contributed by atoms with Gasteiger partial charge in [0, 0.05) is 28.4 Å². The second-order valence-corrected chi connectivity index (χ2v) is 7.67. The van der Waals surface area contributed by atoms with E-state index in [9.17, 15) is 4.79 Å². The molecule has 27 heavy (non-hydrogen) atoms. The molecule has 1 N–H and O–H groups in total. The average Bonchev–Trinajstić information content (AvgIpc) is 2.95. The van der Waals surface area contributed by atoms with Crippen LogP contribution in [0.5, 0.6) is 5.75 Å². The number of carbonyl (C=O) groups excluding carboxylic acids is 1. The summed E-state index contributed by atoms with van der Waals surface area (Å²) in [6, 6.07) is 11.0. The number of fused-ring (bicyclic) bond motifs is 1. The van der Waals surface area contributed by atoms with E-state index in [1.54, 1.807) is 35.9 Å². The predicted molar refractivity (Wildman–Crippen MR) is 106 cm³/mol. The molecule has 0 spiro atoms. The van der Waals surface area contributed by atoms with Crippen LogP contribution in [0, 0.1) is 0 Å². The maximum absolute atomic E-state index is 12.6. The zero-order chi connectivity index (χ0) is 18.5. The molecular weight excluding hydrogens is 358 g/mol. The van der Waals surface area contributed by atoms with Crippen molar-refractivity contribution >= 4 is 22.4 Å². The summed E-state index contributed by atoms with van der Waals surface area (Å²) in [5.74, 6) is 0.493. The van der Waals surface area contributed by atoms with Gasteiger partial charge in [-0.1, -0.05) is 18.6 Å². The van der Waals surface area contributed by atoms with Crippen LogP contribution in [0.4, 0.5) is 5.13 Å². The normalized spacial score (nSPS) is 13.5. The summed E-state index contributed by atoms with van der Waals surface area (Å²) in [6.45, 7) is 0.415. The monoisotopic (exact) mass is 379 g/mol.